The minimum absolute atomic E-state index is 0.0910. The number of carbonyl (C=O) groups excluding carboxylic acids is 1. The van der Waals surface area contributed by atoms with Crippen molar-refractivity contribution in [1.29, 1.82) is 0 Å². The maximum atomic E-state index is 12.3. The summed E-state index contributed by atoms with van der Waals surface area (Å²) in [6, 6.07) is 5.63. The molecule has 1 fully saturated rings. The van der Waals surface area contributed by atoms with E-state index in [9.17, 15) is 9.59 Å². The smallest absolute Gasteiger partial charge is 0.326 e. The fourth-order valence-corrected chi connectivity index (χ4v) is 3.23. The van der Waals surface area contributed by atoms with E-state index < -0.39 is 5.54 Å². The third kappa shape index (κ3) is 3.03. The summed E-state index contributed by atoms with van der Waals surface area (Å²) in [6.45, 7) is 4.11. The molecule has 1 aromatic heterocycles. The molecule has 0 unspecified atom stereocenters. The highest BCUT2D eigenvalue weighted by molar-refractivity contribution is 5.97. The Morgan fingerprint density at radius 3 is 2.74 bits per heavy atom. The van der Waals surface area contributed by atoms with Crippen LogP contribution in [0.25, 0.3) is 11.0 Å². The minimum Gasteiger partial charge on any atom is -0.346 e. The van der Waals surface area contributed by atoms with Crippen LogP contribution in [0.15, 0.2) is 23.0 Å². The number of nitrogens with zero attached hydrogens (tertiary/aromatic N) is 1. The molecule has 23 heavy (non-hydrogen) atoms. The molecule has 1 saturated carbocycles. The van der Waals surface area contributed by atoms with Crippen LogP contribution in [0.2, 0.25) is 0 Å². The van der Waals surface area contributed by atoms with E-state index in [-0.39, 0.29) is 17.6 Å². The first-order valence-corrected chi connectivity index (χ1v) is 8.18. The van der Waals surface area contributed by atoms with Crippen molar-refractivity contribution in [3.05, 3.63) is 34.2 Å². The monoisotopic (exact) mass is 316 g/mol. The Balaban J connectivity index is 1.94. The molecule has 0 bridgehead atoms. The SMILES string of the molecule is CC(C)(CN)NC(=O)c1ccc2c(c1)[nH]c(=O)n2C1CCCC1. The number of carbonyl (C=O) groups is 1. The number of rotatable bonds is 4. The van der Waals surface area contributed by atoms with Gasteiger partial charge in [-0.05, 0) is 44.9 Å². The largest absolute Gasteiger partial charge is 0.346 e. The number of nitrogens with two attached hydrogens (primary N) is 1. The van der Waals surface area contributed by atoms with E-state index in [4.69, 9.17) is 5.73 Å². The lowest BCUT2D eigenvalue weighted by atomic mass is 10.0. The topological polar surface area (TPSA) is 92.9 Å². The number of fused-ring (bicyclic) bond motifs is 1. The van der Waals surface area contributed by atoms with E-state index in [0.29, 0.717) is 17.6 Å². The molecule has 6 heteroatoms. The van der Waals surface area contributed by atoms with Crippen molar-refractivity contribution in [3.8, 4) is 0 Å². The number of H-pyrrole nitrogens is 1. The highest BCUT2D eigenvalue weighted by atomic mass is 16.2. The van der Waals surface area contributed by atoms with Crippen LogP contribution in [-0.2, 0) is 0 Å². The van der Waals surface area contributed by atoms with Gasteiger partial charge in [-0.1, -0.05) is 12.8 Å². The molecular weight excluding hydrogens is 292 g/mol. The van der Waals surface area contributed by atoms with Gasteiger partial charge in [0.15, 0.2) is 0 Å². The van der Waals surface area contributed by atoms with E-state index in [1.807, 2.05) is 24.5 Å². The van der Waals surface area contributed by atoms with Crippen molar-refractivity contribution in [2.75, 3.05) is 6.54 Å². The zero-order chi connectivity index (χ0) is 16.6. The molecule has 0 atom stereocenters. The highest BCUT2D eigenvalue weighted by Crippen LogP contribution is 2.30. The molecule has 0 saturated heterocycles. The number of amides is 1. The van der Waals surface area contributed by atoms with Crippen molar-refractivity contribution >= 4 is 16.9 Å². The summed E-state index contributed by atoms with van der Waals surface area (Å²) in [7, 11) is 0. The van der Waals surface area contributed by atoms with Gasteiger partial charge in [-0.15, -0.1) is 0 Å². The van der Waals surface area contributed by atoms with Gasteiger partial charge in [0.25, 0.3) is 5.91 Å². The summed E-state index contributed by atoms with van der Waals surface area (Å²) in [6.07, 6.45) is 4.41. The van der Waals surface area contributed by atoms with E-state index in [1.54, 1.807) is 12.1 Å². The van der Waals surface area contributed by atoms with Gasteiger partial charge in [0.2, 0.25) is 0 Å². The lowest BCUT2D eigenvalue weighted by Gasteiger charge is -2.24. The zero-order valence-electron chi connectivity index (χ0n) is 13.7. The maximum Gasteiger partial charge on any atom is 0.326 e. The molecule has 124 valence electrons. The molecule has 4 N–H and O–H groups in total. The molecule has 1 aliphatic rings. The number of imidazole rings is 1. The maximum absolute atomic E-state index is 12.3. The number of hydrogen-bond acceptors (Lipinski definition) is 3. The second-order valence-corrected chi connectivity index (χ2v) is 7.01. The first-order valence-electron chi connectivity index (χ1n) is 8.18. The fourth-order valence-electron chi connectivity index (χ4n) is 3.23. The summed E-state index contributed by atoms with van der Waals surface area (Å²) in [5.74, 6) is -0.184. The summed E-state index contributed by atoms with van der Waals surface area (Å²) >= 11 is 0. The molecule has 6 nitrogen and oxygen atoms in total. The van der Waals surface area contributed by atoms with E-state index in [2.05, 4.69) is 10.3 Å². The first kappa shape index (κ1) is 15.8. The lowest BCUT2D eigenvalue weighted by Crippen LogP contribution is -2.48. The highest BCUT2D eigenvalue weighted by Gasteiger charge is 2.23. The Hall–Kier alpha value is -2.08. The van der Waals surface area contributed by atoms with Crippen LogP contribution in [0.3, 0.4) is 0 Å². The van der Waals surface area contributed by atoms with Gasteiger partial charge in [-0.2, -0.15) is 0 Å². The van der Waals surface area contributed by atoms with E-state index in [0.717, 1.165) is 18.4 Å². The summed E-state index contributed by atoms with van der Waals surface area (Å²) < 4.78 is 1.84. The Bertz CT molecular complexity index is 781. The Labute approximate surface area is 135 Å². The van der Waals surface area contributed by atoms with Crippen LogP contribution >= 0.6 is 0 Å². The Morgan fingerprint density at radius 1 is 1.39 bits per heavy atom. The van der Waals surface area contributed by atoms with Gasteiger partial charge in [-0.3, -0.25) is 9.36 Å². The van der Waals surface area contributed by atoms with E-state index in [1.165, 1.54) is 12.8 Å². The predicted molar refractivity (Wildman–Crippen MR) is 90.7 cm³/mol. The predicted octanol–water partition coefficient (Wildman–Crippen LogP) is 1.91. The average Bonchev–Trinajstić information content (AvgIpc) is 3.12. The second-order valence-electron chi connectivity index (χ2n) is 7.01. The molecule has 0 spiro atoms. The van der Waals surface area contributed by atoms with Gasteiger partial charge in [0.1, 0.15) is 0 Å². The van der Waals surface area contributed by atoms with Crippen LogP contribution in [0, 0.1) is 0 Å². The number of benzene rings is 1. The number of nitrogens with one attached hydrogen (secondary N) is 2. The first-order chi connectivity index (χ1) is 10.9. The summed E-state index contributed by atoms with van der Waals surface area (Å²) in [4.78, 5) is 27.5. The standard InChI is InChI=1S/C17H24N4O2/c1-17(2,10-18)20-15(22)11-7-8-14-13(9-11)19-16(23)21(14)12-5-3-4-6-12/h7-9,12H,3-6,10,18H2,1-2H3,(H,19,23)(H,20,22). The zero-order valence-corrected chi connectivity index (χ0v) is 13.7. The van der Waals surface area contributed by atoms with Crippen molar-refractivity contribution in [2.24, 2.45) is 5.73 Å². The fraction of sp³-hybridized carbons (Fsp3) is 0.529. The number of aromatic amines is 1. The van der Waals surface area contributed by atoms with Crippen LogP contribution in [-0.4, -0.2) is 27.5 Å². The summed E-state index contributed by atoms with van der Waals surface area (Å²) in [5, 5.41) is 2.90. The normalized spacial score (nSPS) is 16.1. The lowest BCUT2D eigenvalue weighted by molar-refractivity contribution is 0.0916. The third-order valence-corrected chi connectivity index (χ3v) is 4.63. The average molecular weight is 316 g/mol. The molecule has 1 aromatic carbocycles. The molecular formula is C17H24N4O2. The molecule has 0 radical (unpaired) electrons. The van der Waals surface area contributed by atoms with Crippen molar-refractivity contribution in [1.82, 2.24) is 14.9 Å². The van der Waals surface area contributed by atoms with Crippen LogP contribution in [0.4, 0.5) is 0 Å². The number of hydrogen-bond donors (Lipinski definition) is 3. The van der Waals surface area contributed by atoms with Crippen LogP contribution in [0.5, 0.6) is 0 Å². The molecule has 3 rings (SSSR count). The van der Waals surface area contributed by atoms with Gasteiger partial charge < -0.3 is 16.0 Å². The van der Waals surface area contributed by atoms with Gasteiger partial charge in [-0.25, -0.2) is 4.79 Å². The third-order valence-electron chi connectivity index (χ3n) is 4.63. The van der Waals surface area contributed by atoms with Gasteiger partial charge >= 0.3 is 5.69 Å². The molecule has 1 heterocycles. The Morgan fingerprint density at radius 2 is 2.09 bits per heavy atom. The van der Waals surface area contributed by atoms with Crippen LogP contribution < -0.4 is 16.7 Å². The molecule has 0 aliphatic heterocycles. The quantitative estimate of drug-likeness (QED) is 0.804. The minimum atomic E-state index is -0.463. The van der Waals surface area contributed by atoms with Gasteiger partial charge in [0, 0.05) is 23.7 Å². The van der Waals surface area contributed by atoms with Gasteiger partial charge in [0.05, 0.1) is 11.0 Å². The molecule has 1 aliphatic carbocycles. The van der Waals surface area contributed by atoms with E-state index >= 15 is 0 Å². The molecule has 1 amide bonds. The molecule has 2 aromatic rings. The Kier molecular flexibility index (Phi) is 4.02. The van der Waals surface area contributed by atoms with Crippen LogP contribution in [0.1, 0.15) is 55.9 Å². The van der Waals surface area contributed by atoms with Crippen molar-refractivity contribution in [3.63, 3.8) is 0 Å². The second kappa shape index (κ2) is 5.85. The van der Waals surface area contributed by atoms with Crippen molar-refractivity contribution in [2.45, 2.75) is 51.1 Å². The summed E-state index contributed by atoms with van der Waals surface area (Å²) in [5.41, 5.74) is 7.20. The number of aromatic nitrogens is 2. The van der Waals surface area contributed by atoms with Crippen molar-refractivity contribution < 1.29 is 4.79 Å².